The number of fused-ring (bicyclic) bond motifs is 1. The third-order valence-electron chi connectivity index (χ3n) is 4.44. The van der Waals surface area contributed by atoms with Crippen LogP contribution in [0.3, 0.4) is 0 Å². The van der Waals surface area contributed by atoms with E-state index in [0.717, 1.165) is 20.5 Å². The van der Waals surface area contributed by atoms with E-state index in [2.05, 4.69) is 25.8 Å². The highest BCUT2D eigenvalue weighted by Crippen LogP contribution is 2.29. The molecule has 0 radical (unpaired) electrons. The van der Waals surface area contributed by atoms with E-state index < -0.39 is 6.10 Å². The molecule has 1 unspecified atom stereocenters. The minimum atomic E-state index is -0.638. The molecular weight excluding hydrogens is 549 g/mol. The zero-order chi connectivity index (χ0) is 20.9. The minimum absolute atomic E-state index is 0. The molecule has 4 aromatic rings. The monoisotopic (exact) mass is 569 g/mol. The Morgan fingerprint density at radius 1 is 1.19 bits per heavy atom. The smallest absolute Gasteiger partial charge is 0.246 e. The van der Waals surface area contributed by atoms with E-state index in [0.29, 0.717) is 35.8 Å². The topological polar surface area (TPSA) is 95.6 Å². The maximum absolute atomic E-state index is 10.5. The number of nitrogens with one attached hydrogen (secondary N) is 2. The van der Waals surface area contributed by atoms with E-state index in [1.54, 1.807) is 30.5 Å². The molecule has 0 spiro atoms. The third kappa shape index (κ3) is 5.94. The lowest BCUT2D eigenvalue weighted by Gasteiger charge is -2.13. The first kappa shape index (κ1) is 23.5. The Hall–Kier alpha value is -2.21. The molecule has 0 amide bonds. The Kier molecular flexibility index (Phi) is 8.24. The summed E-state index contributed by atoms with van der Waals surface area (Å²) in [6.45, 7) is 0.631. The van der Waals surface area contributed by atoms with Gasteiger partial charge < -0.3 is 20.3 Å². The lowest BCUT2D eigenvalue weighted by molar-refractivity contribution is 0.184. The van der Waals surface area contributed by atoms with Crippen molar-refractivity contribution in [2.24, 2.45) is 4.99 Å². The van der Waals surface area contributed by atoms with E-state index in [1.165, 1.54) is 0 Å². The van der Waals surface area contributed by atoms with Gasteiger partial charge in [0.25, 0.3) is 0 Å². The van der Waals surface area contributed by atoms with Crippen LogP contribution in [0.4, 0.5) is 0 Å². The Balaban J connectivity index is 0.00000272. The van der Waals surface area contributed by atoms with Gasteiger partial charge in [0.2, 0.25) is 11.7 Å². The number of hydrogen-bond acceptors (Lipinski definition) is 6. The number of halogens is 2. The molecule has 1 atom stereocenters. The summed E-state index contributed by atoms with van der Waals surface area (Å²) in [5.74, 6) is 1.45. The second-order valence-electron chi connectivity index (χ2n) is 6.53. The molecule has 0 saturated heterocycles. The predicted octanol–water partition coefficient (Wildman–Crippen LogP) is 4.62. The number of aliphatic hydroxyl groups excluding tert-OH is 1. The van der Waals surface area contributed by atoms with Gasteiger partial charge in [-0.25, -0.2) is 0 Å². The number of hydrogen-bond donors (Lipinski definition) is 3. The fraction of sp³-hybridized carbons (Fsp3) is 0.190. The summed E-state index contributed by atoms with van der Waals surface area (Å²) in [5.41, 5.74) is 0.823. The van der Waals surface area contributed by atoms with Gasteiger partial charge in [-0.15, -0.1) is 35.3 Å². The van der Waals surface area contributed by atoms with Gasteiger partial charge >= 0.3 is 0 Å². The van der Waals surface area contributed by atoms with E-state index in [-0.39, 0.29) is 24.0 Å². The first-order valence-electron chi connectivity index (χ1n) is 9.32. The summed E-state index contributed by atoms with van der Waals surface area (Å²) in [6.07, 6.45) is -0.638. The molecule has 10 heteroatoms. The molecule has 0 aliphatic rings. The fourth-order valence-electron chi connectivity index (χ4n) is 2.88. The van der Waals surface area contributed by atoms with Gasteiger partial charge in [0, 0.05) is 33.8 Å². The number of rotatable bonds is 6. The molecule has 2 aromatic heterocycles. The second-order valence-corrected chi connectivity index (χ2v) is 8.08. The zero-order valence-corrected chi connectivity index (χ0v) is 20.5. The van der Waals surface area contributed by atoms with E-state index in [4.69, 9.17) is 16.1 Å². The standard InChI is InChI=1S/C21H20ClN5O2S.HI/c1-23-21(24-11-16(28)18-10-14-4-2-3-5-17(14)30-18)25-12-19-26-20(27-29-19)13-6-8-15(22)9-7-13;/h2-10,16,28H,11-12H2,1H3,(H2,23,24,25);1H. The summed E-state index contributed by atoms with van der Waals surface area (Å²) in [4.78, 5) is 9.44. The van der Waals surface area contributed by atoms with E-state index >= 15 is 0 Å². The number of aromatic nitrogens is 2. The molecule has 0 aliphatic carbocycles. The van der Waals surface area contributed by atoms with Gasteiger partial charge in [0.1, 0.15) is 6.10 Å². The van der Waals surface area contributed by atoms with Crippen LogP contribution < -0.4 is 10.6 Å². The summed E-state index contributed by atoms with van der Waals surface area (Å²) >= 11 is 7.49. The maximum atomic E-state index is 10.5. The predicted molar refractivity (Wildman–Crippen MR) is 135 cm³/mol. The second kappa shape index (κ2) is 10.9. The first-order valence-corrected chi connectivity index (χ1v) is 10.5. The summed E-state index contributed by atoms with van der Waals surface area (Å²) in [6, 6.07) is 17.3. The van der Waals surface area contributed by atoms with Gasteiger partial charge in [-0.2, -0.15) is 4.98 Å². The number of thiophene rings is 1. The summed E-state index contributed by atoms with van der Waals surface area (Å²) < 4.78 is 6.44. The van der Waals surface area contributed by atoms with E-state index in [1.807, 2.05) is 42.5 Å². The van der Waals surface area contributed by atoms with Crippen molar-refractivity contribution >= 4 is 63.0 Å². The molecule has 0 fully saturated rings. The van der Waals surface area contributed by atoms with Crippen LogP contribution in [0, 0.1) is 0 Å². The van der Waals surface area contributed by atoms with Crippen LogP contribution in [0.15, 0.2) is 64.1 Å². The summed E-state index contributed by atoms with van der Waals surface area (Å²) in [7, 11) is 1.66. The van der Waals surface area contributed by atoms with Crippen molar-refractivity contribution in [1.29, 1.82) is 0 Å². The minimum Gasteiger partial charge on any atom is -0.386 e. The molecule has 4 rings (SSSR count). The van der Waals surface area contributed by atoms with Crippen LogP contribution in [0.5, 0.6) is 0 Å². The highest BCUT2D eigenvalue weighted by atomic mass is 127. The third-order valence-corrected chi connectivity index (χ3v) is 5.91. The van der Waals surface area contributed by atoms with Crippen LogP contribution in [-0.2, 0) is 6.54 Å². The van der Waals surface area contributed by atoms with Crippen LogP contribution in [-0.4, -0.2) is 34.8 Å². The number of aliphatic hydroxyl groups is 1. The lowest BCUT2D eigenvalue weighted by Crippen LogP contribution is -2.38. The molecule has 2 heterocycles. The quantitative estimate of drug-likeness (QED) is 0.178. The van der Waals surface area contributed by atoms with Crippen molar-refractivity contribution in [3.63, 3.8) is 0 Å². The van der Waals surface area contributed by atoms with Crippen molar-refractivity contribution in [1.82, 2.24) is 20.8 Å². The maximum Gasteiger partial charge on any atom is 0.246 e. The number of nitrogens with zero attached hydrogens (tertiary/aromatic N) is 3. The Morgan fingerprint density at radius 3 is 2.71 bits per heavy atom. The van der Waals surface area contributed by atoms with Crippen molar-refractivity contribution in [3.8, 4) is 11.4 Å². The molecule has 162 valence electrons. The Morgan fingerprint density at radius 2 is 1.97 bits per heavy atom. The zero-order valence-electron chi connectivity index (χ0n) is 16.6. The van der Waals surface area contributed by atoms with Gasteiger partial charge in [-0.3, -0.25) is 4.99 Å². The molecular formula is C21H21ClIN5O2S. The van der Waals surface area contributed by atoms with Crippen molar-refractivity contribution < 1.29 is 9.63 Å². The van der Waals surface area contributed by atoms with Crippen LogP contribution in [0.25, 0.3) is 21.5 Å². The highest BCUT2D eigenvalue weighted by molar-refractivity contribution is 14.0. The molecule has 0 saturated carbocycles. The number of aliphatic imine (C=N–C) groups is 1. The number of guanidine groups is 1. The van der Waals surface area contributed by atoms with E-state index in [9.17, 15) is 5.11 Å². The number of benzene rings is 2. The largest absolute Gasteiger partial charge is 0.386 e. The van der Waals surface area contributed by atoms with Crippen molar-refractivity contribution in [2.75, 3.05) is 13.6 Å². The van der Waals surface area contributed by atoms with Crippen molar-refractivity contribution in [2.45, 2.75) is 12.6 Å². The fourth-order valence-corrected chi connectivity index (χ4v) is 4.06. The molecule has 7 nitrogen and oxygen atoms in total. The highest BCUT2D eigenvalue weighted by Gasteiger charge is 2.13. The Bertz CT molecular complexity index is 1130. The molecule has 31 heavy (non-hydrogen) atoms. The average Bonchev–Trinajstić information content (AvgIpc) is 3.41. The summed E-state index contributed by atoms with van der Waals surface area (Å²) in [5, 5.41) is 22.5. The van der Waals surface area contributed by atoms with Gasteiger partial charge in [0.15, 0.2) is 5.96 Å². The molecule has 3 N–H and O–H groups in total. The molecule has 2 aromatic carbocycles. The van der Waals surface area contributed by atoms with Gasteiger partial charge in [0.05, 0.1) is 6.54 Å². The molecule has 0 aliphatic heterocycles. The first-order chi connectivity index (χ1) is 14.6. The molecule has 0 bridgehead atoms. The van der Waals surface area contributed by atoms with Gasteiger partial charge in [-0.05, 0) is 41.8 Å². The van der Waals surface area contributed by atoms with Crippen LogP contribution in [0.1, 0.15) is 16.9 Å². The lowest BCUT2D eigenvalue weighted by atomic mass is 10.2. The Labute approximate surface area is 205 Å². The SMILES string of the molecule is CN=C(NCc1nc(-c2ccc(Cl)cc2)no1)NCC(O)c1cc2ccccc2s1.I. The van der Waals surface area contributed by atoms with Gasteiger partial charge in [-0.1, -0.05) is 35.0 Å². The normalized spacial score (nSPS) is 12.4. The van der Waals surface area contributed by atoms with Crippen molar-refractivity contribution in [3.05, 3.63) is 70.4 Å². The van der Waals surface area contributed by atoms with Crippen LogP contribution in [0.2, 0.25) is 5.02 Å². The van der Waals surface area contributed by atoms with Crippen LogP contribution >= 0.6 is 46.9 Å². The average molecular weight is 570 g/mol.